The largest absolute Gasteiger partial charge is 0.308 e. The van der Waals surface area contributed by atoms with Crippen molar-refractivity contribution in [1.29, 1.82) is 5.41 Å². The van der Waals surface area contributed by atoms with Crippen molar-refractivity contribution in [1.82, 2.24) is 0 Å². The van der Waals surface area contributed by atoms with E-state index in [2.05, 4.69) is 19.6 Å². The van der Waals surface area contributed by atoms with E-state index < -0.39 is 0 Å². The molecule has 1 aliphatic rings. The van der Waals surface area contributed by atoms with Crippen molar-refractivity contribution in [3.63, 3.8) is 0 Å². The van der Waals surface area contributed by atoms with Gasteiger partial charge >= 0.3 is 0 Å². The van der Waals surface area contributed by atoms with Crippen molar-refractivity contribution >= 4 is 6.21 Å². The fourth-order valence-electron chi connectivity index (χ4n) is 1.38. The maximum atomic E-state index is 7.00. The molecule has 1 nitrogen and oxygen atoms in total. The van der Waals surface area contributed by atoms with Gasteiger partial charge in [0.25, 0.3) is 0 Å². The monoisotopic (exact) mass is 135 g/mol. The minimum absolute atomic E-state index is 0.620. The van der Waals surface area contributed by atoms with Crippen LogP contribution in [0.3, 0.4) is 0 Å². The van der Waals surface area contributed by atoms with Crippen LogP contribution < -0.4 is 0 Å². The van der Waals surface area contributed by atoms with Crippen LogP contribution in [0.25, 0.3) is 0 Å². The van der Waals surface area contributed by atoms with Crippen molar-refractivity contribution in [2.75, 3.05) is 0 Å². The average molecular weight is 135 g/mol. The molecule has 0 fully saturated rings. The first-order valence-electron chi connectivity index (χ1n) is 3.65. The Morgan fingerprint density at radius 2 is 2.60 bits per heavy atom. The number of hydrogen-bond donors (Lipinski definition) is 1. The topological polar surface area (TPSA) is 23.9 Å². The van der Waals surface area contributed by atoms with Crippen molar-refractivity contribution in [3.8, 4) is 0 Å². The van der Waals surface area contributed by atoms with E-state index in [1.165, 1.54) is 18.2 Å². The summed E-state index contributed by atoms with van der Waals surface area (Å²) in [4.78, 5) is 0. The molecule has 0 aliphatic heterocycles. The Hall–Kier alpha value is -0.850. The third kappa shape index (κ3) is 1.18. The third-order valence-electron chi connectivity index (χ3n) is 2.04. The molecule has 0 radical (unpaired) electrons. The second-order valence-electron chi connectivity index (χ2n) is 2.81. The lowest BCUT2D eigenvalue weighted by atomic mass is 9.99. The maximum Gasteiger partial charge on any atom is 0.0247 e. The summed E-state index contributed by atoms with van der Waals surface area (Å²) in [6, 6.07) is 0. The molecule has 0 heterocycles. The van der Waals surface area contributed by atoms with Crippen molar-refractivity contribution in [3.05, 3.63) is 23.8 Å². The fraction of sp³-hybridized carbons (Fsp3) is 0.444. The van der Waals surface area contributed by atoms with Crippen LogP contribution in [-0.4, -0.2) is 6.21 Å². The molecular weight excluding hydrogens is 122 g/mol. The van der Waals surface area contributed by atoms with E-state index in [1.807, 2.05) is 0 Å². The molecule has 0 saturated heterocycles. The molecule has 1 N–H and O–H groups in total. The highest BCUT2D eigenvalue weighted by Crippen LogP contribution is 2.28. The summed E-state index contributed by atoms with van der Waals surface area (Å²) in [5.41, 5.74) is 2.15. The molecule has 1 rings (SSSR count). The predicted molar refractivity (Wildman–Crippen MR) is 44.4 cm³/mol. The first-order valence-corrected chi connectivity index (χ1v) is 3.65. The zero-order chi connectivity index (χ0) is 7.56. The van der Waals surface area contributed by atoms with Gasteiger partial charge in [0.05, 0.1) is 0 Å². The molecular formula is C9H13N. The van der Waals surface area contributed by atoms with Crippen molar-refractivity contribution in [2.24, 2.45) is 5.92 Å². The summed E-state index contributed by atoms with van der Waals surface area (Å²) < 4.78 is 0. The predicted octanol–water partition coefficient (Wildman–Crippen LogP) is 2.55. The van der Waals surface area contributed by atoms with Gasteiger partial charge in [-0.2, -0.15) is 0 Å². The molecule has 0 aromatic carbocycles. The van der Waals surface area contributed by atoms with Gasteiger partial charge in [0.2, 0.25) is 0 Å². The van der Waals surface area contributed by atoms with E-state index in [9.17, 15) is 0 Å². The third-order valence-corrected chi connectivity index (χ3v) is 2.04. The average Bonchev–Trinajstić information content (AvgIpc) is 2.34. The summed E-state index contributed by atoms with van der Waals surface area (Å²) in [6.07, 6.45) is 5.91. The number of rotatable bonds is 2. The first kappa shape index (κ1) is 7.26. The molecule has 1 atom stereocenters. The van der Waals surface area contributed by atoms with Gasteiger partial charge in [0.1, 0.15) is 0 Å². The van der Waals surface area contributed by atoms with Gasteiger partial charge in [0.15, 0.2) is 0 Å². The van der Waals surface area contributed by atoms with Crippen LogP contribution >= 0.6 is 0 Å². The standard InChI is InChI=1S/C9H13N/c1-7-4-3-5-9(7)8(2)6-10/h5-7,10H,2-4H2,1H3. The zero-order valence-corrected chi connectivity index (χ0v) is 6.35. The Morgan fingerprint density at radius 1 is 1.90 bits per heavy atom. The molecule has 0 bridgehead atoms. The van der Waals surface area contributed by atoms with E-state index in [4.69, 9.17) is 5.41 Å². The Labute approximate surface area is 62.0 Å². The molecule has 10 heavy (non-hydrogen) atoms. The van der Waals surface area contributed by atoms with Gasteiger partial charge in [-0.3, -0.25) is 0 Å². The van der Waals surface area contributed by atoms with Crippen LogP contribution in [-0.2, 0) is 0 Å². The second kappa shape index (κ2) is 2.82. The second-order valence-corrected chi connectivity index (χ2v) is 2.81. The first-order chi connectivity index (χ1) is 4.75. The Kier molecular flexibility index (Phi) is 2.05. The maximum absolute atomic E-state index is 7.00. The number of nitrogens with one attached hydrogen (secondary N) is 1. The van der Waals surface area contributed by atoms with E-state index in [1.54, 1.807) is 0 Å². The van der Waals surface area contributed by atoms with Crippen LogP contribution in [0.1, 0.15) is 19.8 Å². The molecule has 0 saturated carbocycles. The Morgan fingerprint density at radius 3 is 3.00 bits per heavy atom. The molecule has 1 heteroatoms. The van der Waals surface area contributed by atoms with Crippen LogP contribution in [0.15, 0.2) is 23.8 Å². The lowest BCUT2D eigenvalue weighted by molar-refractivity contribution is 0.679. The summed E-state index contributed by atoms with van der Waals surface area (Å²) in [6.45, 7) is 5.98. The molecule has 1 aliphatic carbocycles. The van der Waals surface area contributed by atoms with Gasteiger partial charge in [-0.05, 0) is 29.9 Å². The summed E-state index contributed by atoms with van der Waals surface area (Å²) >= 11 is 0. The highest BCUT2D eigenvalue weighted by Gasteiger charge is 2.14. The lowest BCUT2D eigenvalue weighted by Gasteiger charge is -2.06. The van der Waals surface area contributed by atoms with Gasteiger partial charge in [0, 0.05) is 6.21 Å². The quantitative estimate of drug-likeness (QED) is 0.563. The Balaban J connectivity index is 2.71. The minimum atomic E-state index is 0.620. The summed E-state index contributed by atoms with van der Waals surface area (Å²) in [5, 5.41) is 7.00. The van der Waals surface area contributed by atoms with Gasteiger partial charge < -0.3 is 5.41 Å². The van der Waals surface area contributed by atoms with Crippen LogP contribution in [0.2, 0.25) is 0 Å². The highest BCUT2D eigenvalue weighted by atomic mass is 14.3. The molecule has 0 aromatic heterocycles. The van der Waals surface area contributed by atoms with E-state index >= 15 is 0 Å². The van der Waals surface area contributed by atoms with Crippen molar-refractivity contribution < 1.29 is 0 Å². The lowest BCUT2D eigenvalue weighted by Crippen LogP contribution is -1.95. The van der Waals surface area contributed by atoms with Gasteiger partial charge in [-0.1, -0.05) is 19.6 Å². The number of allylic oxidation sites excluding steroid dienone is 3. The van der Waals surface area contributed by atoms with E-state index in [-0.39, 0.29) is 0 Å². The van der Waals surface area contributed by atoms with Crippen LogP contribution in [0.4, 0.5) is 0 Å². The molecule has 1 unspecified atom stereocenters. The normalized spacial score (nSPS) is 24.1. The molecule has 0 amide bonds. The highest BCUT2D eigenvalue weighted by molar-refractivity contribution is 5.81. The molecule has 0 aromatic rings. The molecule has 54 valence electrons. The fourth-order valence-corrected chi connectivity index (χ4v) is 1.38. The van der Waals surface area contributed by atoms with Crippen molar-refractivity contribution in [2.45, 2.75) is 19.8 Å². The smallest absolute Gasteiger partial charge is 0.0247 e. The summed E-state index contributed by atoms with van der Waals surface area (Å²) in [5.74, 6) is 0.620. The zero-order valence-electron chi connectivity index (χ0n) is 6.35. The molecule has 0 spiro atoms. The van der Waals surface area contributed by atoms with Gasteiger partial charge in [-0.15, -0.1) is 0 Å². The van der Waals surface area contributed by atoms with Gasteiger partial charge in [-0.25, -0.2) is 0 Å². The van der Waals surface area contributed by atoms with E-state index in [0.717, 1.165) is 12.0 Å². The Bertz CT molecular complexity index is 189. The van der Waals surface area contributed by atoms with E-state index in [0.29, 0.717) is 5.92 Å². The minimum Gasteiger partial charge on any atom is -0.308 e. The van der Waals surface area contributed by atoms with Crippen LogP contribution in [0.5, 0.6) is 0 Å². The SMILES string of the molecule is C=C(C=N)C1=CCCC1C. The number of hydrogen-bond acceptors (Lipinski definition) is 1. The van der Waals surface area contributed by atoms with Crippen LogP contribution in [0, 0.1) is 11.3 Å². The summed E-state index contributed by atoms with van der Waals surface area (Å²) in [7, 11) is 0.